The summed E-state index contributed by atoms with van der Waals surface area (Å²) in [6.07, 6.45) is 3.26. The molecule has 2 unspecified atom stereocenters. The van der Waals surface area contributed by atoms with Gasteiger partial charge in [-0.2, -0.15) is 5.10 Å². The Labute approximate surface area is 186 Å². The first-order chi connectivity index (χ1) is 16.5. The minimum atomic E-state index is -2.72. The van der Waals surface area contributed by atoms with Crippen molar-refractivity contribution < 1.29 is 17.7 Å². The molecule has 2 atom stereocenters. The van der Waals surface area contributed by atoms with Crippen LogP contribution in [0.2, 0.25) is 0 Å². The molecule has 1 saturated carbocycles. The molecule has 166 valence electrons. The average molecular weight is 443 g/mol. The van der Waals surface area contributed by atoms with Gasteiger partial charge in [-0.3, -0.25) is 9.20 Å². The zero-order valence-corrected chi connectivity index (χ0v) is 17.0. The maximum Gasteiger partial charge on any atom is 0.350 e. The van der Waals surface area contributed by atoms with Crippen LogP contribution in [0.3, 0.4) is 0 Å². The first-order valence-electron chi connectivity index (χ1n) is 12.1. The summed E-state index contributed by atoms with van der Waals surface area (Å²) in [4.78, 5) is 33.4. The number of aryl methyl sites for hydroxylation is 1. The van der Waals surface area contributed by atoms with Gasteiger partial charge in [0.2, 0.25) is 0 Å². The van der Waals surface area contributed by atoms with Crippen LogP contribution in [-0.4, -0.2) is 55.5 Å². The number of hydrogen-bond acceptors (Lipinski definition) is 5. The molecule has 2 aliphatic heterocycles. The third-order valence-electron chi connectivity index (χ3n) is 6.74. The third kappa shape index (κ3) is 3.00. The fourth-order valence-electron chi connectivity index (χ4n) is 4.82. The van der Waals surface area contributed by atoms with E-state index in [0.717, 1.165) is 12.0 Å². The van der Waals surface area contributed by atoms with E-state index in [4.69, 9.17) is 4.11 Å². The number of anilines is 2. The molecule has 1 aliphatic carbocycles. The summed E-state index contributed by atoms with van der Waals surface area (Å²) in [7, 11) is 0. The van der Waals surface area contributed by atoms with Crippen LogP contribution in [-0.2, 0) is 6.98 Å². The van der Waals surface area contributed by atoms with Gasteiger partial charge in [0.05, 0.1) is 5.56 Å². The number of halogens is 2. The van der Waals surface area contributed by atoms with E-state index in [2.05, 4.69) is 10.1 Å². The van der Waals surface area contributed by atoms with Gasteiger partial charge >= 0.3 is 5.69 Å². The van der Waals surface area contributed by atoms with E-state index >= 15 is 0 Å². The van der Waals surface area contributed by atoms with Crippen LogP contribution in [0, 0.1) is 5.92 Å². The number of amides is 1. The first-order valence-corrected chi connectivity index (χ1v) is 10.6. The van der Waals surface area contributed by atoms with Crippen molar-refractivity contribution in [2.75, 3.05) is 24.5 Å². The Hall–Kier alpha value is -3.30. The lowest BCUT2D eigenvalue weighted by molar-refractivity contribution is -0.0494. The van der Waals surface area contributed by atoms with E-state index in [0.29, 0.717) is 34.2 Å². The highest BCUT2D eigenvalue weighted by molar-refractivity contribution is 5.94. The first kappa shape index (κ1) is 16.3. The Balaban J connectivity index is 1.33. The van der Waals surface area contributed by atoms with Crippen molar-refractivity contribution in [3.63, 3.8) is 0 Å². The summed E-state index contributed by atoms with van der Waals surface area (Å²) < 4.78 is 51.2. The molecule has 0 N–H and O–H groups in total. The fraction of sp³-hybridized carbons (Fsp3) is 0.455. The van der Waals surface area contributed by atoms with Crippen molar-refractivity contribution in [2.24, 2.45) is 12.9 Å². The van der Waals surface area contributed by atoms with Gasteiger partial charge in [-0.25, -0.2) is 23.2 Å². The van der Waals surface area contributed by atoms with E-state index in [9.17, 15) is 18.4 Å². The maximum atomic E-state index is 13.5. The van der Waals surface area contributed by atoms with Crippen molar-refractivity contribution in [1.82, 2.24) is 24.1 Å². The number of likely N-dealkylation sites (tertiary alicyclic amines) is 1. The van der Waals surface area contributed by atoms with E-state index in [1.165, 1.54) is 21.7 Å². The number of fused-ring (bicyclic) bond motifs is 4. The predicted octanol–water partition coefficient (Wildman–Crippen LogP) is 2.55. The topological polar surface area (TPSA) is 75.7 Å². The summed E-state index contributed by atoms with van der Waals surface area (Å²) in [5, 5.41) is 3.98. The van der Waals surface area contributed by atoms with Crippen LogP contribution < -0.4 is 10.6 Å². The number of alkyl halides is 2. The van der Waals surface area contributed by atoms with Crippen molar-refractivity contribution >= 4 is 23.1 Å². The number of carbonyl (C=O) groups is 1. The van der Waals surface area contributed by atoms with E-state index in [1.54, 1.807) is 12.1 Å². The summed E-state index contributed by atoms with van der Waals surface area (Å²) >= 11 is 0. The Kier molecular flexibility index (Phi) is 3.37. The number of carbonyl (C=O) groups excluding carboxylic acids is 1. The lowest BCUT2D eigenvalue weighted by Gasteiger charge is -2.33. The smallest absolute Gasteiger partial charge is 0.338 e. The minimum Gasteiger partial charge on any atom is -0.338 e. The van der Waals surface area contributed by atoms with Gasteiger partial charge in [-0.15, -0.1) is 0 Å². The van der Waals surface area contributed by atoms with Crippen molar-refractivity contribution in [3.05, 3.63) is 52.2 Å². The second-order valence-electron chi connectivity index (χ2n) is 8.81. The predicted molar refractivity (Wildman–Crippen MR) is 113 cm³/mol. The normalized spacial score (nSPS) is 25.5. The fourth-order valence-corrected chi connectivity index (χ4v) is 4.82. The number of hydrogen-bond donors (Lipinski definition) is 0. The Morgan fingerprint density at radius 1 is 1.28 bits per heavy atom. The van der Waals surface area contributed by atoms with E-state index < -0.39 is 18.6 Å². The molecular formula is C22H22F2N6O2. The van der Waals surface area contributed by atoms with Gasteiger partial charge in [-0.1, -0.05) is 0 Å². The molecule has 1 amide bonds. The van der Waals surface area contributed by atoms with Crippen LogP contribution in [0.1, 0.15) is 45.2 Å². The average Bonchev–Trinajstić information content (AvgIpc) is 3.52. The summed E-state index contributed by atoms with van der Waals surface area (Å²) in [6, 6.07) is 5.17. The van der Waals surface area contributed by atoms with Gasteiger partial charge in [0.15, 0.2) is 5.65 Å². The van der Waals surface area contributed by atoms with Gasteiger partial charge in [0.1, 0.15) is 5.82 Å². The summed E-state index contributed by atoms with van der Waals surface area (Å²) in [5.74, 6) is -1.67. The lowest BCUT2D eigenvalue weighted by Crippen LogP contribution is -2.42. The molecule has 6 rings (SSSR count). The molecule has 1 saturated heterocycles. The van der Waals surface area contributed by atoms with Gasteiger partial charge in [0, 0.05) is 67.7 Å². The molecule has 32 heavy (non-hydrogen) atoms. The second-order valence-corrected chi connectivity index (χ2v) is 8.81. The number of pyridine rings is 2. The van der Waals surface area contributed by atoms with Crippen molar-refractivity contribution in [1.29, 1.82) is 0 Å². The molecular weight excluding hydrogens is 418 g/mol. The number of piperidine rings is 1. The van der Waals surface area contributed by atoms with Crippen LogP contribution in [0.5, 0.6) is 0 Å². The molecule has 0 radical (unpaired) electrons. The Morgan fingerprint density at radius 2 is 2.09 bits per heavy atom. The highest BCUT2D eigenvalue weighted by atomic mass is 19.3. The number of aromatic nitrogens is 4. The molecule has 5 heterocycles. The van der Waals surface area contributed by atoms with Crippen molar-refractivity contribution in [2.45, 2.75) is 31.1 Å². The second kappa shape index (κ2) is 6.60. The monoisotopic (exact) mass is 443 g/mol. The maximum absolute atomic E-state index is 13.5. The zero-order chi connectivity index (χ0) is 24.7. The van der Waals surface area contributed by atoms with E-state index in [-0.39, 0.29) is 43.4 Å². The summed E-state index contributed by atoms with van der Waals surface area (Å²) in [5.41, 5.74) is 1.48. The molecule has 10 heteroatoms. The lowest BCUT2D eigenvalue weighted by atomic mass is 10.0. The van der Waals surface area contributed by atoms with Crippen LogP contribution in [0.25, 0.3) is 5.65 Å². The van der Waals surface area contributed by atoms with Crippen LogP contribution >= 0.6 is 0 Å². The number of rotatable bonds is 2. The minimum absolute atomic E-state index is 0.0172. The Morgan fingerprint density at radius 3 is 2.88 bits per heavy atom. The molecule has 3 aromatic rings. The summed E-state index contributed by atoms with van der Waals surface area (Å²) in [6.45, 7) is -1.96. The van der Waals surface area contributed by atoms with E-state index in [1.807, 2.05) is 11.0 Å². The highest BCUT2D eigenvalue weighted by Gasteiger charge is 2.46. The quantitative estimate of drug-likeness (QED) is 0.609. The number of nitrogens with zero attached hydrogens (tertiary/aromatic N) is 6. The zero-order valence-electron chi connectivity index (χ0n) is 20.0. The molecule has 2 fully saturated rings. The third-order valence-corrected chi connectivity index (χ3v) is 6.74. The van der Waals surface area contributed by atoms with Crippen molar-refractivity contribution in [3.8, 4) is 0 Å². The molecule has 3 aromatic heterocycles. The largest absolute Gasteiger partial charge is 0.350 e. The molecule has 0 bridgehead atoms. The molecule has 0 spiro atoms. The Bertz CT molecular complexity index is 1410. The molecule has 3 aliphatic rings. The highest BCUT2D eigenvalue weighted by Crippen LogP contribution is 2.55. The van der Waals surface area contributed by atoms with Crippen LogP contribution in [0.15, 0.2) is 35.4 Å². The SMILES string of the molecule is [2H]C([2H])([2H])n1nc2cc(N3CC4CC4c4cc(C(=O)N5CCC(F)(F)CC5)cnc43)ccn2c1=O. The standard InChI is InChI=1S/C22H22F2N6O2/c1-27-21(32)29-5-2-15(10-18(29)26-27)30-12-14-9-16(14)17-8-13(11-25-19(17)30)20(31)28-6-3-22(23,24)4-7-28/h2,5,8,10-11,14,16H,3-4,6-7,9,12H2,1H3/i1D3. The van der Waals surface area contributed by atoms with Gasteiger partial charge in [0.25, 0.3) is 11.8 Å². The molecule has 0 aromatic carbocycles. The van der Waals surface area contributed by atoms with Gasteiger partial charge in [-0.05, 0) is 36.0 Å². The molecule has 8 nitrogen and oxygen atoms in total. The van der Waals surface area contributed by atoms with Gasteiger partial charge < -0.3 is 9.80 Å². The van der Waals surface area contributed by atoms with Crippen LogP contribution in [0.4, 0.5) is 20.3 Å².